The fourth-order valence-corrected chi connectivity index (χ4v) is 3.00. The Labute approximate surface area is 121 Å². The van der Waals surface area contributed by atoms with Gasteiger partial charge in [-0.15, -0.1) is 0 Å². The lowest BCUT2D eigenvalue weighted by molar-refractivity contribution is 0.232. The van der Waals surface area contributed by atoms with Gasteiger partial charge in [0.15, 0.2) is 0 Å². The molecule has 5 heteroatoms. The van der Waals surface area contributed by atoms with E-state index in [0.29, 0.717) is 17.8 Å². The minimum atomic E-state index is 0.121. The van der Waals surface area contributed by atoms with E-state index in [4.69, 9.17) is 10.5 Å². The average Bonchev–Trinajstić information content (AvgIpc) is 2.87. The third-order valence-corrected chi connectivity index (χ3v) is 3.89. The highest BCUT2D eigenvalue weighted by Gasteiger charge is 2.31. The van der Waals surface area contributed by atoms with Crippen LogP contribution in [0.15, 0.2) is 12.3 Å². The molecule has 0 aromatic carbocycles. The number of anilines is 1. The van der Waals surface area contributed by atoms with E-state index < -0.39 is 0 Å². The number of ether oxygens (including phenoxy) is 1. The van der Waals surface area contributed by atoms with Crippen molar-refractivity contribution in [2.45, 2.75) is 52.2 Å². The van der Waals surface area contributed by atoms with Crippen LogP contribution in [0.4, 0.5) is 5.95 Å². The lowest BCUT2D eigenvalue weighted by atomic mass is 10.0. The second-order valence-corrected chi connectivity index (χ2v) is 5.64. The molecule has 0 aliphatic heterocycles. The van der Waals surface area contributed by atoms with Gasteiger partial charge in [0.2, 0.25) is 11.8 Å². The van der Waals surface area contributed by atoms with E-state index in [1.807, 2.05) is 19.9 Å². The molecule has 0 spiro atoms. The fourth-order valence-electron chi connectivity index (χ4n) is 3.00. The molecule has 0 amide bonds. The van der Waals surface area contributed by atoms with Crippen LogP contribution in [0.2, 0.25) is 0 Å². The topological polar surface area (TPSA) is 64.3 Å². The summed E-state index contributed by atoms with van der Waals surface area (Å²) < 4.78 is 5.66. The Morgan fingerprint density at radius 1 is 1.45 bits per heavy atom. The predicted molar refractivity (Wildman–Crippen MR) is 81.0 cm³/mol. The summed E-state index contributed by atoms with van der Waals surface area (Å²) in [5.74, 6) is 1.95. The third kappa shape index (κ3) is 3.39. The van der Waals surface area contributed by atoms with E-state index in [1.165, 1.54) is 19.3 Å². The predicted octanol–water partition coefficient (Wildman–Crippen LogP) is 2.22. The zero-order valence-corrected chi connectivity index (χ0v) is 12.7. The Kier molecular flexibility index (Phi) is 5.17. The summed E-state index contributed by atoms with van der Waals surface area (Å²) in [5, 5.41) is 0. The Morgan fingerprint density at radius 2 is 2.25 bits per heavy atom. The Bertz CT molecular complexity index is 424. The summed E-state index contributed by atoms with van der Waals surface area (Å²) in [6.45, 7) is 7.78. The highest BCUT2D eigenvalue weighted by Crippen LogP contribution is 2.31. The van der Waals surface area contributed by atoms with Crippen LogP contribution >= 0.6 is 0 Å². The van der Waals surface area contributed by atoms with Gasteiger partial charge in [-0.05, 0) is 46.1 Å². The molecule has 0 radical (unpaired) electrons. The van der Waals surface area contributed by atoms with Gasteiger partial charge in [-0.25, -0.2) is 4.98 Å². The number of hydrogen-bond acceptors (Lipinski definition) is 5. The maximum atomic E-state index is 5.90. The van der Waals surface area contributed by atoms with Crippen molar-refractivity contribution in [2.75, 3.05) is 18.0 Å². The van der Waals surface area contributed by atoms with Gasteiger partial charge in [0.25, 0.3) is 0 Å². The number of rotatable bonds is 6. The molecule has 1 saturated carbocycles. The van der Waals surface area contributed by atoms with Gasteiger partial charge in [-0.1, -0.05) is 6.42 Å². The van der Waals surface area contributed by atoms with Gasteiger partial charge in [0.1, 0.15) is 0 Å². The molecule has 112 valence electrons. The van der Waals surface area contributed by atoms with Crippen LogP contribution in [0.3, 0.4) is 0 Å². The number of aromatic nitrogens is 2. The summed E-state index contributed by atoms with van der Waals surface area (Å²) in [7, 11) is 0. The monoisotopic (exact) mass is 278 g/mol. The quantitative estimate of drug-likeness (QED) is 0.864. The summed E-state index contributed by atoms with van der Waals surface area (Å²) in [6, 6.07) is 2.27. The van der Waals surface area contributed by atoms with Crippen molar-refractivity contribution < 1.29 is 4.74 Å². The normalized spacial score (nSPS) is 22.2. The second-order valence-electron chi connectivity index (χ2n) is 5.64. The van der Waals surface area contributed by atoms with Crippen LogP contribution < -0.4 is 15.4 Å². The molecule has 1 aliphatic carbocycles. The number of hydrogen-bond donors (Lipinski definition) is 1. The molecule has 1 fully saturated rings. The highest BCUT2D eigenvalue weighted by atomic mass is 16.5. The van der Waals surface area contributed by atoms with Crippen molar-refractivity contribution in [3.63, 3.8) is 0 Å². The minimum Gasteiger partial charge on any atom is -0.475 e. The van der Waals surface area contributed by atoms with Crippen LogP contribution in [0.5, 0.6) is 5.88 Å². The van der Waals surface area contributed by atoms with Crippen LogP contribution in [0.1, 0.15) is 40.0 Å². The molecule has 2 atom stereocenters. The van der Waals surface area contributed by atoms with Crippen LogP contribution in [-0.4, -0.2) is 35.2 Å². The van der Waals surface area contributed by atoms with Gasteiger partial charge >= 0.3 is 0 Å². The minimum absolute atomic E-state index is 0.121. The molecular weight excluding hydrogens is 252 g/mol. The standard InChI is InChI=1S/C15H26N4O/c1-4-19(13-7-5-6-12(13)10-16)15-17-9-8-14(18-15)20-11(2)3/h8-9,11-13H,4-7,10,16H2,1-3H3. The number of nitrogens with two attached hydrogens (primary N) is 1. The zero-order valence-electron chi connectivity index (χ0n) is 12.7. The van der Waals surface area contributed by atoms with Gasteiger partial charge < -0.3 is 15.4 Å². The van der Waals surface area contributed by atoms with Crippen molar-refractivity contribution in [3.8, 4) is 5.88 Å². The summed E-state index contributed by atoms with van der Waals surface area (Å²) >= 11 is 0. The Morgan fingerprint density at radius 3 is 2.90 bits per heavy atom. The molecule has 2 N–H and O–H groups in total. The molecular formula is C15H26N4O. The SMILES string of the molecule is CCN(c1nccc(OC(C)C)n1)C1CCCC1CN. The van der Waals surface area contributed by atoms with Crippen molar-refractivity contribution >= 4 is 5.95 Å². The van der Waals surface area contributed by atoms with Gasteiger partial charge in [-0.3, -0.25) is 0 Å². The molecule has 20 heavy (non-hydrogen) atoms. The maximum Gasteiger partial charge on any atom is 0.228 e. The Balaban J connectivity index is 2.18. The third-order valence-electron chi connectivity index (χ3n) is 3.89. The van der Waals surface area contributed by atoms with E-state index >= 15 is 0 Å². The summed E-state index contributed by atoms with van der Waals surface area (Å²) in [4.78, 5) is 11.2. The second kappa shape index (κ2) is 6.88. The first-order valence-corrected chi connectivity index (χ1v) is 7.62. The van der Waals surface area contributed by atoms with Gasteiger partial charge in [-0.2, -0.15) is 4.98 Å². The van der Waals surface area contributed by atoms with Crippen molar-refractivity contribution in [1.29, 1.82) is 0 Å². The fraction of sp³-hybridized carbons (Fsp3) is 0.733. The first-order chi connectivity index (χ1) is 9.65. The molecule has 1 heterocycles. The molecule has 2 unspecified atom stereocenters. The average molecular weight is 278 g/mol. The van der Waals surface area contributed by atoms with Crippen molar-refractivity contribution in [3.05, 3.63) is 12.3 Å². The van der Waals surface area contributed by atoms with Crippen LogP contribution in [-0.2, 0) is 0 Å². The van der Waals surface area contributed by atoms with E-state index in [1.54, 1.807) is 6.20 Å². The largest absolute Gasteiger partial charge is 0.475 e. The van der Waals surface area contributed by atoms with Crippen LogP contribution in [0.25, 0.3) is 0 Å². The van der Waals surface area contributed by atoms with Gasteiger partial charge in [0, 0.05) is 24.8 Å². The number of nitrogens with zero attached hydrogens (tertiary/aromatic N) is 3. The molecule has 0 bridgehead atoms. The van der Waals surface area contributed by atoms with E-state index in [-0.39, 0.29) is 6.10 Å². The smallest absolute Gasteiger partial charge is 0.228 e. The molecule has 1 aromatic rings. The summed E-state index contributed by atoms with van der Waals surface area (Å²) in [5.41, 5.74) is 5.90. The lowest BCUT2D eigenvalue weighted by Crippen LogP contribution is -2.41. The molecule has 2 rings (SSSR count). The van der Waals surface area contributed by atoms with Crippen molar-refractivity contribution in [2.24, 2.45) is 11.7 Å². The van der Waals surface area contributed by atoms with Crippen molar-refractivity contribution in [1.82, 2.24) is 9.97 Å². The van der Waals surface area contributed by atoms with E-state index in [9.17, 15) is 0 Å². The Hall–Kier alpha value is -1.36. The zero-order chi connectivity index (χ0) is 14.5. The van der Waals surface area contributed by atoms with E-state index in [0.717, 1.165) is 19.0 Å². The molecule has 1 aromatic heterocycles. The molecule has 0 saturated heterocycles. The molecule has 5 nitrogen and oxygen atoms in total. The van der Waals surface area contributed by atoms with Crippen LogP contribution in [0, 0.1) is 5.92 Å². The first kappa shape index (κ1) is 15.0. The molecule has 1 aliphatic rings. The maximum absolute atomic E-state index is 5.90. The summed E-state index contributed by atoms with van der Waals surface area (Å²) in [6.07, 6.45) is 5.52. The van der Waals surface area contributed by atoms with Gasteiger partial charge in [0.05, 0.1) is 6.10 Å². The first-order valence-electron chi connectivity index (χ1n) is 7.62. The lowest BCUT2D eigenvalue weighted by Gasteiger charge is -2.32. The van der Waals surface area contributed by atoms with E-state index in [2.05, 4.69) is 21.8 Å². The highest BCUT2D eigenvalue weighted by molar-refractivity contribution is 5.34.